The van der Waals surface area contributed by atoms with Gasteiger partial charge in [0, 0.05) is 37.2 Å². The lowest BCUT2D eigenvalue weighted by molar-refractivity contribution is 1.27. The second-order valence-corrected chi connectivity index (χ2v) is 2.50. The fraction of sp³-hybridized carbons (Fsp3) is 0. The highest BCUT2D eigenvalue weighted by Crippen LogP contribution is 1.96. The number of anilines is 2. The van der Waals surface area contributed by atoms with E-state index in [0.717, 1.165) is 0 Å². The minimum absolute atomic E-state index is 0.697. The van der Waals surface area contributed by atoms with Crippen molar-refractivity contribution in [1.29, 1.82) is 0 Å². The summed E-state index contributed by atoms with van der Waals surface area (Å²) in [5.74, 6) is 1.39. The van der Waals surface area contributed by atoms with Gasteiger partial charge >= 0.3 is 0 Å². The summed E-state index contributed by atoms with van der Waals surface area (Å²) in [6.07, 6.45) is 10.3. The molecule has 0 spiro atoms. The Morgan fingerprint density at radius 1 is 0.929 bits per heavy atom. The highest BCUT2D eigenvalue weighted by molar-refractivity contribution is 5.32. The van der Waals surface area contributed by atoms with Crippen LogP contribution in [0.5, 0.6) is 0 Å². The Hall–Kier alpha value is -2.24. The van der Waals surface area contributed by atoms with E-state index in [-0.39, 0.29) is 0 Å². The number of imidazole rings is 2. The number of aromatic amines is 2. The van der Waals surface area contributed by atoms with E-state index in [0.29, 0.717) is 11.9 Å². The average Bonchev–Trinajstić information content (AvgIpc) is 2.86. The lowest BCUT2D eigenvalue weighted by atomic mass is 10.8. The quantitative estimate of drug-likeness (QED) is 0.582. The monoisotopic (exact) mass is 190 g/mol. The Labute approximate surface area is 80.5 Å². The number of hydrogen-bond acceptors (Lipinski definition) is 4. The van der Waals surface area contributed by atoms with Crippen molar-refractivity contribution in [2.45, 2.75) is 0 Å². The van der Waals surface area contributed by atoms with Gasteiger partial charge in [-0.3, -0.25) is 0 Å². The zero-order valence-corrected chi connectivity index (χ0v) is 7.36. The smallest absolute Gasteiger partial charge is 0.204 e. The maximum atomic E-state index is 3.98. The van der Waals surface area contributed by atoms with Crippen LogP contribution in [0.3, 0.4) is 0 Å². The van der Waals surface area contributed by atoms with Gasteiger partial charge < -0.3 is 20.6 Å². The SMILES string of the molecule is C(=C\Nc1ncc[nH]1)/Nc1ncc[nH]1. The van der Waals surface area contributed by atoms with E-state index >= 15 is 0 Å². The van der Waals surface area contributed by atoms with Crippen molar-refractivity contribution in [2.75, 3.05) is 10.6 Å². The number of hydrogen-bond donors (Lipinski definition) is 4. The van der Waals surface area contributed by atoms with Gasteiger partial charge in [-0.05, 0) is 0 Å². The molecule has 2 aromatic rings. The number of H-pyrrole nitrogens is 2. The first-order valence-electron chi connectivity index (χ1n) is 4.12. The molecule has 0 saturated carbocycles. The summed E-state index contributed by atoms with van der Waals surface area (Å²) in [4.78, 5) is 13.8. The zero-order chi connectivity index (χ0) is 9.64. The molecule has 0 unspecified atom stereocenters. The predicted molar refractivity (Wildman–Crippen MR) is 53.6 cm³/mol. The third-order valence-corrected chi connectivity index (χ3v) is 1.52. The van der Waals surface area contributed by atoms with Crippen LogP contribution in [0, 0.1) is 0 Å². The first kappa shape index (κ1) is 8.36. The van der Waals surface area contributed by atoms with Crippen molar-refractivity contribution in [1.82, 2.24) is 19.9 Å². The summed E-state index contributed by atoms with van der Waals surface area (Å²) in [5.41, 5.74) is 0. The molecule has 14 heavy (non-hydrogen) atoms. The molecule has 6 heteroatoms. The predicted octanol–water partition coefficient (Wildman–Crippen LogP) is 1.13. The van der Waals surface area contributed by atoms with Crippen molar-refractivity contribution < 1.29 is 0 Å². The maximum Gasteiger partial charge on any atom is 0.204 e. The Balaban J connectivity index is 1.79. The number of nitrogens with zero attached hydrogens (tertiary/aromatic N) is 2. The summed E-state index contributed by atoms with van der Waals surface area (Å²) >= 11 is 0. The number of rotatable bonds is 4. The van der Waals surface area contributed by atoms with Crippen LogP contribution in [0.4, 0.5) is 11.9 Å². The maximum absolute atomic E-state index is 3.98. The van der Waals surface area contributed by atoms with Crippen molar-refractivity contribution in [2.24, 2.45) is 0 Å². The molecule has 2 rings (SSSR count). The molecule has 0 aliphatic heterocycles. The van der Waals surface area contributed by atoms with Crippen LogP contribution in [-0.2, 0) is 0 Å². The normalized spacial score (nSPS) is 10.6. The topological polar surface area (TPSA) is 81.4 Å². The van der Waals surface area contributed by atoms with Crippen molar-refractivity contribution in [3.05, 3.63) is 37.2 Å². The van der Waals surface area contributed by atoms with Gasteiger partial charge in [-0.1, -0.05) is 0 Å². The summed E-state index contributed by atoms with van der Waals surface area (Å²) in [6, 6.07) is 0. The summed E-state index contributed by atoms with van der Waals surface area (Å²) in [6.45, 7) is 0. The van der Waals surface area contributed by atoms with Crippen LogP contribution >= 0.6 is 0 Å². The largest absolute Gasteiger partial charge is 0.331 e. The lowest BCUT2D eigenvalue weighted by Gasteiger charge is -1.95. The van der Waals surface area contributed by atoms with Crippen LogP contribution in [-0.4, -0.2) is 19.9 Å². The summed E-state index contributed by atoms with van der Waals surface area (Å²) in [7, 11) is 0. The van der Waals surface area contributed by atoms with Gasteiger partial charge in [-0.25, -0.2) is 9.97 Å². The highest BCUT2D eigenvalue weighted by atomic mass is 15.1. The molecule has 2 aromatic heterocycles. The van der Waals surface area contributed by atoms with E-state index in [1.807, 2.05) is 0 Å². The van der Waals surface area contributed by atoms with Gasteiger partial charge in [0.25, 0.3) is 0 Å². The molecule has 2 heterocycles. The molecule has 0 aliphatic carbocycles. The van der Waals surface area contributed by atoms with E-state index in [1.165, 1.54) is 0 Å². The standard InChI is InChI=1S/C8H10N6/c1-2-10-7(9-1)13-5-6-14-8-11-3-4-12-8/h1-6H,(H2,9,10,13)(H2,11,12,14)/b6-5+. The van der Waals surface area contributed by atoms with Gasteiger partial charge in [0.1, 0.15) is 0 Å². The first-order valence-corrected chi connectivity index (χ1v) is 4.12. The fourth-order valence-electron chi connectivity index (χ4n) is 0.930. The molecule has 0 saturated heterocycles. The molecular weight excluding hydrogens is 180 g/mol. The van der Waals surface area contributed by atoms with Gasteiger partial charge in [0.05, 0.1) is 0 Å². The number of aromatic nitrogens is 4. The van der Waals surface area contributed by atoms with Crippen LogP contribution in [0.15, 0.2) is 37.2 Å². The molecule has 0 bridgehead atoms. The first-order chi connectivity index (χ1) is 6.95. The molecule has 0 aliphatic rings. The van der Waals surface area contributed by atoms with E-state index in [9.17, 15) is 0 Å². The van der Waals surface area contributed by atoms with Gasteiger partial charge in [-0.2, -0.15) is 0 Å². The molecule has 0 radical (unpaired) electrons. The van der Waals surface area contributed by atoms with Crippen LogP contribution in [0.25, 0.3) is 0 Å². The Morgan fingerprint density at radius 3 is 1.79 bits per heavy atom. The molecule has 6 nitrogen and oxygen atoms in total. The summed E-state index contributed by atoms with van der Waals surface area (Å²) < 4.78 is 0. The van der Waals surface area contributed by atoms with Crippen LogP contribution in [0.1, 0.15) is 0 Å². The molecule has 4 N–H and O–H groups in total. The fourth-order valence-corrected chi connectivity index (χ4v) is 0.930. The number of nitrogens with one attached hydrogen (secondary N) is 4. The average molecular weight is 190 g/mol. The van der Waals surface area contributed by atoms with Crippen LogP contribution in [0.2, 0.25) is 0 Å². The minimum atomic E-state index is 0.697. The molecule has 0 atom stereocenters. The lowest BCUT2D eigenvalue weighted by Crippen LogP contribution is -1.94. The van der Waals surface area contributed by atoms with E-state index in [4.69, 9.17) is 0 Å². The van der Waals surface area contributed by atoms with E-state index < -0.39 is 0 Å². The Bertz CT molecular complexity index is 336. The van der Waals surface area contributed by atoms with Gasteiger partial charge in [0.15, 0.2) is 0 Å². The zero-order valence-electron chi connectivity index (χ0n) is 7.36. The third-order valence-electron chi connectivity index (χ3n) is 1.52. The minimum Gasteiger partial charge on any atom is -0.331 e. The van der Waals surface area contributed by atoms with Gasteiger partial charge in [0.2, 0.25) is 11.9 Å². The third kappa shape index (κ3) is 2.13. The molecule has 72 valence electrons. The second-order valence-electron chi connectivity index (χ2n) is 2.50. The Kier molecular flexibility index (Phi) is 2.46. The molecule has 0 aromatic carbocycles. The summed E-state index contributed by atoms with van der Waals surface area (Å²) in [5, 5.41) is 5.87. The van der Waals surface area contributed by atoms with Crippen molar-refractivity contribution in [3.63, 3.8) is 0 Å². The van der Waals surface area contributed by atoms with Gasteiger partial charge in [-0.15, -0.1) is 0 Å². The molecule has 0 amide bonds. The van der Waals surface area contributed by atoms with Crippen molar-refractivity contribution >= 4 is 11.9 Å². The van der Waals surface area contributed by atoms with E-state index in [1.54, 1.807) is 37.2 Å². The molecular formula is C8H10N6. The van der Waals surface area contributed by atoms with Crippen LogP contribution < -0.4 is 10.6 Å². The second kappa shape index (κ2) is 4.13. The van der Waals surface area contributed by atoms with E-state index in [2.05, 4.69) is 30.6 Å². The van der Waals surface area contributed by atoms with Crippen molar-refractivity contribution in [3.8, 4) is 0 Å². The highest BCUT2D eigenvalue weighted by Gasteiger charge is 1.87. The Morgan fingerprint density at radius 2 is 1.43 bits per heavy atom. The molecule has 0 fully saturated rings.